The summed E-state index contributed by atoms with van der Waals surface area (Å²) in [7, 11) is 1.64. The monoisotopic (exact) mass is 468 g/mol. The van der Waals surface area contributed by atoms with Crippen LogP contribution in [-0.4, -0.2) is 46.5 Å². The van der Waals surface area contributed by atoms with Gasteiger partial charge in [-0.3, -0.25) is 19.0 Å². The van der Waals surface area contributed by atoms with Crippen LogP contribution in [0.15, 0.2) is 35.4 Å². The molecule has 1 saturated heterocycles. The Hall–Kier alpha value is -3.27. The Balaban J connectivity index is 1.50. The first-order chi connectivity index (χ1) is 15.9. The molecule has 0 radical (unpaired) electrons. The molecule has 3 aromatic rings. The van der Waals surface area contributed by atoms with E-state index in [9.17, 15) is 14.4 Å². The van der Waals surface area contributed by atoms with Crippen LogP contribution in [0.25, 0.3) is 10.3 Å². The van der Waals surface area contributed by atoms with Crippen molar-refractivity contribution in [1.82, 2.24) is 19.9 Å². The smallest absolute Gasteiger partial charge is 0.273 e. The predicted molar refractivity (Wildman–Crippen MR) is 130 cm³/mol. The van der Waals surface area contributed by atoms with Crippen LogP contribution >= 0.6 is 11.3 Å². The Labute approximate surface area is 195 Å². The third-order valence-corrected chi connectivity index (χ3v) is 6.93. The minimum absolute atomic E-state index is 0.0197. The van der Waals surface area contributed by atoms with Gasteiger partial charge in [-0.1, -0.05) is 37.3 Å². The first-order valence-electron chi connectivity index (χ1n) is 11.1. The molecule has 0 unspecified atom stereocenters. The van der Waals surface area contributed by atoms with Crippen LogP contribution in [0.2, 0.25) is 0 Å². The average molecular weight is 469 g/mol. The van der Waals surface area contributed by atoms with Gasteiger partial charge in [-0.05, 0) is 36.5 Å². The van der Waals surface area contributed by atoms with Gasteiger partial charge in [0, 0.05) is 25.8 Å². The number of amides is 2. The van der Waals surface area contributed by atoms with Gasteiger partial charge in [0.05, 0.1) is 5.92 Å². The number of aromatic nitrogens is 3. The van der Waals surface area contributed by atoms with E-state index in [2.05, 4.69) is 34.4 Å². The van der Waals surface area contributed by atoms with Gasteiger partial charge >= 0.3 is 0 Å². The van der Waals surface area contributed by atoms with Crippen molar-refractivity contribution in [2.45, 2.75) is 39.2 Å². The highest BCUT2D eigenvalue weighted by atomic mass is 32.1. The van der Waals surface area contributed by atoms with Crippen molar-refractivity contribution in [3.8, 4) is 0 Å². The SMILES string of the molecule is CNC(=O)[C@H]1CCCN(c2nc3ncn(CC(=O)Nc4cccc(C(C)C)c4)c(=O)c3s2)C1. The van der Waals surface area contributed by atoms with Crippen LogP contribution in [0.5, 0.6) is 0 Å². The summed E-state index contributed by atoms with van der Waals surface area (Å²) >= 11 is 1.26. The van der Waals surface area contributed by atoms with Crippen molar-refractivity contribution in [1.29, 1.82) is 0 Å². The molecule has 1 atom stereocenters. The molecular weight excluding hydrogens is 440 g/mol. The number of fused-ring (bicyclic) bond motifs is 1. The lowest BCUT2D eigenvalue weighted by Gasteiger charge is -2.31. The lowest BCUT2D eigenvalue weighted by atomic mass is 9.98. The molecule has 0 aliphatic carbocycles. The molecule has 4 rings (SSSR count). The van der Waals surface area contributed by atoms with Crippen molar-refractivity contribution in [2.75, 3.05) is 30.4 Å². The maximum Gasteiger partial charge on any atom is 0.273 e. The van der Waals surface area contributed by atoms with Crippen LogP contribution in [0.3, 0.4) is 0 Å². The summed E-state index contributed by atoms with van der Waals surface area (Å²) in [5.41, 5.74) is 1.89. The predicted octanol–water partition coefficient (Wildman–Crippen LogP) is 2.58. The third-order valence-electron chi connectivity index (χ3n) is 5.83. The number of nitrogens with one attached hydrogen (secondary N) is 2. The number of benzene rings is 1. The second-order valence-corrected chi connectivity index (χ2v) is 9.53. The number of anilines is 2. The summed E-state index contributed by atoms with van der Waals surface area (Å²) in [6.45, 7) is 5.38. The van der Waals surface area contributed by atoms with Crippen molar-refractivity contribution in [2.24, 2.45) is 5.92 Å². The summed E-state index contributed by atoms with van der Waals surface area (Å²) in [6.07, 6.45) is 3.08. The number of hydrogen-bond acceptors (Lipinski definition) is 7. The van der Waals surface area contributed by atoms with E-state index >= 15 is 0 Å². The zero-order valence-corrected chi connectivity index (χ0v) is 19.8. The molecule has 33 heavy (non-hydrogen) atoms. The molecule has 9 nitrogen and oxygen atoms in total. The second-order valence-electron chi connectivity index (χ2n) is 8.55. The lowest BCUT2D eigenvalue weighted by Crippen LogP contribution is -2.42. The second kappa shape index (κ2) is 9.70. The Kier molecular flexibility index (Phi) is 6.73. The third kappa shape index (κ3) is 5.05. The standard InChI is InChI=1S/C23H28N6O3S/c1-14(2)15-6-4-8-17(10-15)26-18(30)12-29-13-25-20-19(22(29)32)33-23(27-20)28-9-5-7-16(11-28)21(31)24-3/h4,6,8,10,13-14,16H,5,7,9,11-12H2,1-3H3,(H,24,31)(H,26,30)/t16-/m0/s1. The Bertz CT molecular complexity index is 1230. The molecule has 0 spiro atoms. The maximum absolute atomic E-state index is 13.0. The number of carbonyl (C=O) groups excluding carboxylic acids is 2. The molecule has 0 saturated carbocycles. The molecule has 0 bridgehead atoms. The van der Waals surface area contributed by atoms with Crippen molar-refractivity contribution < 1.29 is 9.59 Å². The molecular formula is C23H28N6O3S. The summed E-state index contributed by atoms with van der Waals surface area (Å²) in [5.74, 6) is -0.0269. The molecule has 2 N–H and O–H groups in total. The molecule has 2 amide bonds. The van der Waals surface area contributed by atoms with Gasteiger partial charge in [0.15, 0.2) is 10.8 Å². The fourth-order valence-electron chi connectivity index (χ4n) is 3.98. The van der Waals surface area contributed by atoms with E-state index < -0.39 is 0 Å². The minimum Gasteiger partial charge on any atom is -0.359 e. The van der Waals surface area contributed by atoms with E-state index in [1.807, 2.05) is 29.2 Å². The Morgan fingerprint density at radius 2 is 2.12 bits per heavy atom. The van der Waals surface area contributed by atoms with E-state index in [0.717, 1.165) is 24.9 Å². The van der Waals surface area contributed by atoms with Crippen molar-refractivity contribution in [3.63, 3.8) is 0 Å². The lowest BCUT2D eigenvalue weighted by molar-refractivity contribution is -0.124. The zero-order chi connectivity index (χ0) is 23.5. The van der Waals surface area contributed by atoms with E-state index in [1.165, 1.54) is 22.2 Å². The van der Waals surface area contributed by atoms with Gasteiger partial charge < -0.3 is 15.5 Å². The number of rotatable bonds is 6. The topological polar surface area (TPSA) is 109 Å². The molecule has 1 aliphatic heterocycles. The molecule has 1 aromatic carbocycles. The van der Waals surface area contributed by atoms with Crippen molar-refractivity contribution >= 4 is 44.3 Å². The van der Waals surface area contributed by atoms with Gasteiger partial charge in [-0.25, -0.2) is 4.98 Å². The number of thiazole rings is 1. The summed E-state index contributed by atoms with van der Waals surface area (Å²) in [5, 5.41) is 6.24. The maximum atomic E-state index is 13.0. The normalized spacial score (nSPS) is 16.2. The number of hydrogen-bond donors (Lipinski definition) is 2. The van der Waals surface area contributed by atoms with E-state index in [4.69, 9.17) is 0 Å². The van der Waals surface area contributed by atoms with Crippen LogP contribution in [-0.2, 0) is 16.1 Å². The molecule has 1 fully saturated rings. The van der Waals surface area contributed by atoms with Crippen LogP contribution in [0.1, 0.15) is 38.2 Å². The van der Waals surface area contributed by atoms with Crippen LogP contribution in [0.4, 0.5) is 10.8 Å². The van der Waals surface area contributed by atoms with Crippen LogP contribution in [0, 0.1) is 5.92 Å². The summed E-state index contributed by atoms with van der Waals surface area (Å²) in [4.78, 5) is 48.5. The highest BCUT2D eigenvalue weighted by molar-refractivity contribution is 7.22. The fourth-order valence-corrected chi connectivity index (χ4v) is 4.99. The number of carbonyl (C=O) groups is 2. The molecule has 2 aromatic heterocycles. The molecule has 3 heterocycles. The van der Waals surface area contributed by atoms with E-state index in [0.29, 0.717) is 33.6 Å². The largest absolute Gasteiger partial charge is 0.359 e. The highest BCUT2D eigenvalue weighted by Gasteiger charge is 2.27. The van der Waals surface area contributed by atoms with Crippen molar-refractivity contribution in [3.05, 3.63) is 46.5 Å². The van der Waals surface area contributed by atoms with Crippen LogP contribution < -0.4 is 21.1 Å². The highest BCUT2D eigenvalue weighted by Crippen LogP contribution is 2.29. The van der Waals surface area contributed by atoms with E-state index in [1.54, 1.807) is 7.05 Å². The van der Waals surface area contributed by atoms with Gasteiger partial charge in [0.25, 0.3) is 5.56 Å². The average Bonchev–Trinajstić information content (AvgIpc) is 3.26. The Morgan fingerprint density at radius 1 is 1.30 bits per heavy atom. The summed E-state index contributed by atoms with van der Waals surface area (Å²) in [6, 6.07) is 7.68. The minimum atomic E-state index is -0.298. The summed E-state index contributed by atoms with van der Waals surface area (Å²) < 4.78 is 1.71. The quantitative estimate of drug-likeness (QED) is 0.576. The first kappa shape index (κ1) is 22.9. The molecule has 174 valence electrons. The van der Waals surface area contributed by atoms with Gasteiger partial charge in [0.2, 0.25) is 11.8 Å². The van der Waals surface area contributed by atoms with Gasteiger partial charge in [-0.15, -0.1) is 0 Å². The molecule has 10 heteroatoms. The van der Waals surface area contributed by atoms with Gasteiger partial charge in [0.1, 0.15) is 17.6 Å². The Morgan fingerprint density at radius 3 is 2.88 bits per heavy atom. The van der Waals surface area contributed by atoms with E-state index in [-0.39, 0.29) is 29.8 Å². The first-order valence-corrected chi connectivity index (χ1v) is 11.9. The van der Waals surface area contributed by atoms with Gasteiger partial charge in [-0.2, -0.15) is 4.98 Å². The fraction of sp³-hybridized carbons (Fsp3) is 0.435. The molecule has 1 aliphatic rings. The number of nitrogens with zero attached hydrogens (tertiary/aromatic N) is 4. The zero-order valence-electron chi connectivity index (χ0n) is 19.0. The number of piperidine rings is 1.